The number of hydrogen-bond donors (Lipinski definition) is 2. The van der Waals surface area contributed by atoms with E-state index in [9.17, 15) is 27.1 Å². The SMILES string of the molecule is COc1c(F)ccc2c1C1(CCCCC1)C[C@@](O)(C(F)(F)F)[C@H]2Nc1ccc(F)c2nc(C)ncc12. The molecule has 2 N–H and O–H groups in total. The molecule has 36 heavy (non-hydrogen) atoms. The Balaban J connectivity index is 1.76. The topological polar surface area (TPSA) is 67.3 Å². The summed E-state index contributed by atoms with van der Waals surface area (Å²) >= 11 is 0. The van der Waals surface area contributed by atoms with Crippen LogP contribution in [-0.4, -0.2) is 34.0 Å². The van der Waals surface area contributed by atoms with Gasteiger partial charge in [-0.25, -0.2) is 18.7 Å². The predicted octanol–water partition coefficient (Wildman–Crippen LogP) is 6.28. The van der Waals surface area contributed by atoms with Crippen LogP contribution in [0.2, 0.25) is 0 Å². The average molecular weight is 508 g/mol. The van der Waals surface area contributed by atoms with E-state index in [1.165, 1.54) is 25.4 Å². The van der Waals surface area contributed by atoms with Crippen molar-refractivity contribution < 1.29 is 31.8 Å². The molecule has 1 spiro atoms. The molecular formula is C26H26F5N3O2. The highest BCUT2D eigenvalue weighted by Gasteiger charge is 2.66. The second kappa shape index (κ2) is 8.54. The molecule has 2 atom stereocenters. The number of benzene rings is 2. The fraction of sp³-hybridized carbons (Fsp3) is 0.462. The molecule has 0 aliphatic heterocycles. The van der Waals surface area contributed by atoms with Crippen molar-refractivity contribution in [2.45, 2.75) is 68.7 Å². The highest BCUT2D eigenvalue weighted by molar-refractivity contribution is 5.91. The molecule has 0 amide bonds. The molecule has 1 heterocycles. The van der Waals surface area contributed by atoms with Gasteiger partial charge in [0, 0.05) is 28.2 Å². The molecule has 0 unspecified atom stereocenters. The van der Waals surface area contributed by atoms with Crippen molar-refractivity contribution in [1.82, 2.24) is 9.97 Å². The summed E-state index contributed by atoms with van der Waals surface area (Å²) in [6.07, 6.45) is -1.43. The zero-order valence-corrected chi connectivity index (χ0v) is 19.8. The van der Waals surface area contributed by atoms with Crippen molar-refractivity contribution >= 4 is 16.6 Å². The van der Waals surface area contributed by atoms with Crippen LogP contribution in [0.25, 0.3) is 10.9 Å². The number of halogens is 5. The number of aliphatic hydroxyl groups is 1. The van der Waals surface area contributed by atoms with Gasteiger partial charge in [0.05, 0.1) is 13.2 Å². The van der Waals surface area contributed by atoms with E-state index in [1.807, 2.05) is 0 Å². The van der Waals surface area contributed by atoms with Gasteiger partial charge in [-0.3, -0.25) is 0 Å². The van der Waals surface area contributed by atoms with Crippen molar-refractivity contribution in [2.75, 3.05) is 12.4 Å². The Bertz CT molecular complexity index is 1320. The van der Waals surface area contributed by atoms with Crippen LogP contribution in [0.15, 0.2) is 30.5 Å². The molecule has 0 radical (unpaired) electrons. The number of fused-ring (bicyclic) bond motifs is 3. The van der Waals surface area contributed by atoms with Gasteiger partial charge < -0.3 is 15.2 Å². The van der Waals surface area contributed by atoms with Gasteiger partial charge in [0.2, 0.25) is 0 Å². The Morgan fingerprint density at radius 2 is 1.75 bits per heavy atom. The lowest BCUT2D eigenvalue weighted by atomic mass is 9.56. The molecule has 3 aromatic rings. The maximum Gasteiger partial charge on any atom is 0.419 e. The van der Waals surface area contributed by atoms with E-state index in [1.54, 1.807) is 6.92 Å². The second-order valence-corrected chi connectivity index (χ2v) is 9.84. The van der Waals surface area contributed by atoms with Crippen LogP contribution >= 0.6 is 0 Å². The van der Waals surface area contributed by atoms with Crippen LogP contribution in [-0.2, 0) is 5.41 Å². The summed E-state index contributed by atoms with van der Waals surface area (Å²) < 4.78 is 78.9. The lowest BCUT2D eigenvalue weighted by Gasteiger charge is -2.53. The first-order valence-electron chi connectivity index (χ1n) is 11.9. The number of aromatic nitrogens is 2. The smallest absolute Gasteiger partial charge is 0.419 e. The molecule has 5 nitrogen and oxygen atoms in total. The first-order chi connectivity index (χ1) is 17.0. The summed E-state index contributed by atoms with van der Waals surface area (Å²) in [6, 6.07) is 3.01. The van der Waals surface area contributed by atoms with E-state index < -0.39 is 41.3 Å². The molecular weight excluding hydrogens is 481 g/mol. The van der Waals surface area contributed by atoms with E-state index in [0.29, 0.717) is 37.1 Å². The summed E-state index contributed by atoms with van der Waals surface area (Å²) in [7, 11) is 1.29. The Morgan fingerprint density at radius 3 is 2.42 bits per heavy atom. The molecule has 2 aliphatic rings. The van der Waals surface area contributed by atoms with Gasteiger partial charge in [-0.05, 0) is 49.9 Å². The van der Waals surface area contributed by atoms with Gasteiger partial charge in [0.25, 0.3) is 0 Å². The molecule has 1 saturated carbocycles. The first-order valence-corrected chi connectivity index (χ1v) is 11.9. The van der Waals surface area contributed by atoms with E-state index in [0.717, 1.165) is 18.6 Å². The van der Waals surface area contributed by atoms with Gasteiger partial charge in [-0.15, -0.1) is 0 Å². The van der Waals surface area contributed by atoms with Crippen LogP contribution in [0.5, 0.6) is 5.75 Å². The summed E-state index contributed by atoms with van der Waals surface area (Å²) in [4.78, 5) is 8.15. The van der Waals surface area contributed by atoms with Crippen LogP contribution in [0.4, 0.5) is 27.6 Å². The van der Waals surface area contributed by atoms with Crippen molar-refractivity contribution in [2.24, 2.45) is 0 Å². The minimum Gasteiger partial charge on any atom is -0.493 e. The maximum absolute atomic E-state index is 14.9. The molecule has 0 bridgehead atoms. The quantitative estimate of drug-likeness (QED) is 0.409. The minimum absolute atomic E-state index is 0.0560. The van der Waals surface area contributed by atoms with Gasteiger partial charge >= 0.3 is 6.18 Å². The number of anilines is 1. The number of alkyl halides is 3. The predicted molar refractivity (Wildman–Crippen MR) is 124 cm³/mol. The number of nitrogens with zero attached hydrogens (tertiary/aromatic N) is 2. The molecule has 10 heteroatoms. The van der Waals surface area contributed by atoms with Gasteiger partial charge in [-0.2, -0.15) is 13.2 Å². The summed E-state index contributed by atoms with van der Waals surface area (Å²) in [5.74, 6) is -1.13. The van der Waals surface area contributed by atoms with Crippen molar-refractivity contribution in [3.63, 3.8) is 0 Å². The van der Waals surface area contributed by atoms with Gasteiger partial charge in [0.1, 0.15) is 17.2 Å². The van der Waals surface area contributed by atoms with Crippen LogP contribution in [0.1, 0.15) is 61.5 Å². The number of rotatable bonds is 3. The monoisotopic (exact) mass is 507 g/mol. The maximum atomic E-state index is 14.9. The molecule has 2 aromatic carbocycles. The van der Waals surface area contributed by atoms with E-state index in [4.69, 9.17) is 4.74 Å². The Hall–Kier alpha value is -3.01. The zero-order valence-electron chi connectivity index (χ0n) is 19.8. The summed E-state index contributed by atoms with van der Waals surface area (Å²) in [6.45, 7) is 1.57. The van der Waals surface area contributed by atoms with Gasteiger partial charge in [0.15, 0.2) is 17.2 Å². The molecule has 0 saturated heterocycles. The number of hydrogen-bond acceptors (Lipinski definition) is 5. The second-order valence-electron chi connectivity index (χ2n) is 9.84. The fourth-order valence-electron chi connectivity index (χ4n) is 6.10. The van der Waals surface area contributed by atoms with Crippen molar-refractivity contribution in [3.8, 4) is 5.75 Å². The number of nitrogens with one attached hydrogen (secondary N) is 1. The summed E-state index contributed by atoms with van der Waals surface area (Å²) in [5.41, 5.74) is -3.77. The third kappa shape index (κ3) is 3.68. The van der Waals surface area contributed by atoms with Crippen LogP contribution in [0.3, 0.4) is 0 Å². The minimum atomic E-state index is -5.02. The Morgan fingerprint density at radius 1 is 1.06 bits per heavy atom. The highest BCUT2D eigenvalue weighted by atomic mass is 19.4. The van der Waals surface area contributed by atoms with E-state index in [2.05, 4.69) is 15.3 Å². The molecule has 192 valence electrons. The Labute approximate surface area is 204 Å². The average Bonchev–Trinajstić information content (AvgIpc) is 2.83. The zero-order chi connectivity index (χ0) is 25.9. The lowest BCUT2D eigenvalue weighted by Crippen LogP contribution is -2.59. The standard InChI is InChI=1S/C26H26F5N3O2/c1-14-32-12-16-19(9-8-17(27)21(16)33-14)34-23-15-6-7-18(28)22(36-2)20(15)24(10-4-3-5-11-24)13-25(23,35)26(29,30)31/h6-9,12,23,34-35H,3-5,10-11,13H2,1-2H3/t23-,25-/m0/s1. The third-order valence-corrected chi connectivity index (χ3v) is 7.70. The highest BCUT2D eigenvalue weighted by Crippen LogP contribution is 2.60. The largest absolute Gasteiger partial charge is 0.493 e. The van der Waals surface area contributed by atoms with E-state index in [-0.39, 0.29) is 27.9 Å². The molecule has 1 aromatic heterocycles. The number of aryl methyl sites for hydroxylation is 1. The molecule has 1 fully saturated rings. The van der Waals surface area contributed by atoms with Crippen molar-refractivity contribution in [1.29, 1.82) is 0 Å². The van der Waals surface area contributed by atoms with E-state index >= 15 is 0 Å². The Kier molecular flexibility index (Phi) is 5.85. The lowest BCUT2D eigenvalue weighted by molar-refractivity contribution is -0.277. The van der Waals surface area contributed by atoms with Crippen molar-refractivity contribution in [3.05, 3.63) is 59.0 Å². The van der Waals surface area contributed by atoms with Crippen LogP contribution in [0, 0.1) is 18.6 Å². The molecule has 5 rings (SSSR count). The third-order valence-electron chi connectivity index (χ3n) is 7.70. The molecule has 2 aliphatic carbocycles. The number of methoxy groups -OCH3 is 1. The van der Waals surface area contributed by atoms with Crippen LogP contribution < -0.4 is 10.1 Å². The van der Waals surface area contributed by atoms with Gasteiger partial charge in [-0.1, -0.05) is 25.3 Å². The fourth-order valence-corrected chi connectivity index (χ4v) is 6.10. The summed E-state index contributed by atoms with van der Waals surface area (Å²) in [5, 5.41) is 14.5. The first kappa shape index (κ1) is 24.7. The normalized spacial score (nSPS) is 23.5. The number of ether oxygens (including phenoxy) is 1.